The number of nitrogens with one attached hydrogen (secondary N) is 1. The Bertz CT molecular complexity index is 335. The van der Waals surface area contributed by atoms with Gasteiger partial charge in [-0.1, -0.05) is 12.8 Å². The van der Waals surface area contributed by atoms with E-state index in [-0.39, 0.29) is 17.7 Å². The van der Waals surface area contributed by atoms with Crippen LogP contribution in [0.3, 0.4) is 0 Å². The first-order chi connectivity index (χ1) is 9.66. The Morgan fingerprint density at radius 1 is 1.15 bits per heavy atom. The van der Waals surface area contributed by atoms with E-state index < -0.39 is 0 Å². The molecule has 1 saturated heterocycles. The molecule has 2 rings (SSSR count). The highest BCUT2D eigenvalue weighted by molar-refractivity contribution is 7.99. The number of rotatable bonds is 5. The Morgan fingerprint density at radius 2 is 1.80 bits per heavy atom. The smallest absolute Gasteiger partial charge is 0.223 e. The molecular formula is C15H26N2O2S. The Hall–Kier alpha value is -0.710. The van der Waals surface area contributed by atoms with Crippen LogP contribution in [-0.4, -0.2) is 47.4 Å². The van der Waals surface area contributed by atoms with Gasteiger partial charge in [0.05, 0.1) is 0 Å². The molecule has 2 aliphatic rings. The number of likely N-dealkylation sites (tertiary alicyclic amines) is 1. The fraction of sp³-hybridized carbons (Fsp3) is 0.867. The third-order valence-electron chi connectivity index (χ3n) is 4.37. The van der Waals surface area contributed by atoms with Crippen molar-refractivity contribution >= 4 is 23.6 Å². The highest BCUT2D eigenvalue weighted by Gasteiger charge is 2.25. The average molecular weight is 298 g/mol. The van der Waals surface area contributed by atoms with Gasteiger partial charge in [0.15, 0.2) is 0 Å². The molecule has 2 fully saturated rings. The van der Waals surface area contributed by atoms with Crippen LogP contribution in [0.2, 0.25) is 0 Å². The largest absolute Gasteiger partial charge is 0.355 e. The van der Waals surface area contributed by atoms with Gasteiger partial charge in [0.1, 0.15) is 0 Å². The molecule has 1 heterocycles. The molecule has 1 aliphatic carbocycles. The molecule has 0 radical (unpaired) electrons. The Kier molecular flexibility index (Phi) is 6.20. The summed E-state index contributed by atoms with van der Waals surface area (Å²) in [6.45, 7) is 3.84. The molecule has 0 bridgehead atoms. The number of nitrogens with zero attached hydrogens (tertiary/aromatic N) is 1. The average Bonchev–Trinajstić information content (AvgIpc) is 2.96. The Labute approximate surface area is 126 Å². The van der Waals surface area contributed by atoms with Crippen LogP contribution in [0.15, 0.2) is 0 Å². The van der Waals surface area contributed by atoms with Crippen molar-refractivity contribution in [1.82, 2.24) is 10.2 Å². The summed E-state index contributed by atoms with van der Waals surface area (Å²) in [5.41, 5.74) is 0. The van der Waals surface area contributed by atoms with Crippen molar-refractivity contribution < 1.29 is 9.59 Å². The lowest BCUT2D eigenvalue weighted by atomic mass is 9.96. The fourth-order valence-corrected chi connectivity index (χ4v) is 4.28. The quantitative estimate of drug-likeness (QED) is 0.790. The molecule has 114 valence electrons. The van der Waals surface area contributed by atoms with Gasteiger partial charge in [-0.15, -0.1) is 0 Å². The van der Waals surface area contributed by atoms with Crippen LogP contribution in [-0.2, 0) is 9.59 Å². The van der Waals surface area contributed by atoms with Gasteiger partial charge in [0.25, 0.3) is 0 Å². The van der Waals surface area contributed by atoms with Crippen molar-refractivity contribution in [2.75, 3.05) is 25.4 Å². The van der Waals surface area contributed by atoms with Gasteiger partial charge in [-0.2, -0.15) is 11.8 Å². The number of thioether (sulfide) groups is 1. The van der Waals surface area contributed by atoms with Gasteiger partial charge < -0.3 is 10.2 Å². The van der Waals surface area contributed by atoms with Gasteiger partial charge in [0, 0.05) is 43.5 Å². The molecule has 20 heavy (non-hydrogen) atoms. The fourth-order valence-electron chi connectivity index (χ4n) is 3.06. The predicted molar refractivity (Wildman–Crippen MR) is 82.7 cm³/mol. The maximum Gasteiger partial charge on any atom is 0.223 e. The number of carbonyl (C=O) groups is 2. The lowest BCUT2D eigenvalue weighted by molar-refractivity contribution is -0.133. The van der Waals surface area contributed by atoms with Gasteiger partial charge in [-0.05, 0) is 25.7 Å². The Balaban J connectivity index is 1.57. The molecule has 0 aromatic carbocycles. The molecule has 4 nitrogen and oxygen atoms in total. The van der Waals surface area contributed by atoms with Crippen LogP contribution >= 0.6 is 11.8 Å². The molecule has 5 heteroatoms. The van der Waals surface area contributed by atoms with Crippen molar-refractivity contribution in [3.05, 3.63) is 0 Å². The third kappa shape index (κ3) is 4.69. The zero-order chi connectivity index (χ0) is 14.4. The van der Waals surface area contributed by atoms with E-state index >= 15 is 0 Å². The van der Waals surface area contributed by atoms with Crippen molar-refractivity contribution in [2.45, 2.75) is 50.7 Å². The van der Waals surface area contributed by atoms with E-state index in [0.29, 0.717) is 0 Å². The van der Waals surface area contributed by atoms with E-state index in [2.05, 4.69) is 5.32 Å². The van der Waals surface area contributed by atoms with E-state index in [1.54, 1.807) is 6.92 Å². The standard InChI is InChI=1S/C15H26N2O2S/c1-12(18)17-9-6-13(7-10-17)15(19)16-8-11-20-14-4-2-3-5-14/h13-14H,2-11H2,1H3,(H,16,19). The van der Waals surface area contributed by atoms with Gasteiger partial charge >= 0.3 is 0 Å². The predicted octanol–water partition coefficient (Wildman–Crippen LogP) is 2.04. The van der Waals surface area contributed by atoms with Gasteiger partial charge in [-0.25, -0.2) is 0 Å². The first-order valence-corrected chi connectivity index (χ1v) is 8.86. The van der Waals surface area contributed by atoms with Crippen molar-refractivity contribution in [3.63, 3.8) is 0 Å². The maximum absolute atomic E-state index is 12.0. The molecule has 0 unspecified atom stereocenters. The van der Waals surface area contributed by atoms with Crippen LogP contribution in [0.1, 0.15) is 45.4 Å². The van der Waals surface area contributed by atoms with Crippen molar-refractivity contribution in [2.24, 2.45) is 5.92 Å². The molecule has 0 aromatic heterocycles. The number of hydrogen-bond donors (Lipinski definition) is 1. The minimum Gasteiger partial charge on any atom is -0.355 e. The molecule has 1 saturated carbocycles. The SMILES string of the molecule is CC(=O)N1CCC(C(=O)NCCSC2CCCC2)CC1. The lowest BCUT2D eigenvalue weighted by Crippen LogP contribution is -2.42. The van der Waals surface area contributed by atoms with E-state index in [4.69, 9.17) is 0 Å². The zero-order valence-electron chi connectivity index (χ0n) is 12.4. The number of piperidine rings is 1. The van der Waals surface area contributed by atoms with Crippen molar-refractivity contribution in [1.29, 1.82) is 0 Å². The van der Waals surface area contributed by atoms with E-state index in [0.717, 1.165) is 43.5 Å². The summed E-state index contributed by atoms with van der Waals surface area (Å²) in [5, 5.41) is 3.88. The topological polar surface area (TPSA) is 49.4 Å². The van der Waals surface area contributed by atoms with Gasteiger partial charge in [-0.3, -0.25) is 9.59 Å². The van der Waals surface area contributed by atoms with Crippen LogP contribution in [0.5, 0.6) is 0 Å². The van der Waals surface area contributed by atoms with Crippen LogP contribution in [0.25, 0.3) is 0 Å². The zero-order valence-corrected chi connectivity index (χ0v) is 13.2. The van der Waals surface area contributed by atoms with E-state index in [9.17, 15) is 9.59 Å². The van der Waals surface area contributed by atoms with E-state index in [1.165, 1.54) is 25.7 Å². The highest BCUT2D eigenvalue weighted by atomic mass is 32.2. The lowest BCUT2D eigenvalue weighted by Gasteiger charge is -2.30. The third-order valence-corrected chi connectivity index (χ3v) is 5.75. The first kappa shape index (κ1) is 15.7. The molecule has 0 aromatic rings. The molecule has 0 atom stereocenters. The summed E-state index contributed by atoms with van der Waals surface area (Å²) in [4.78, 5) is 25.1. The van der Waals surface area contributed by atoms with Crippen molar-refractivity contribution in [3.8, 4) is 0 Å². The monoisotopic (exact) mass is 298 g/mol. The summed E-state index contributed by atoms with van der Waals surface area (Å²) in [6, 6.07) is 0. The molecule has 1 N–H and O–H groups in total. The summed E-state index contributed by atoms with van der Waals surface area (Å²) in [7, 11) is 0. The number of carbonyl (C=O) groups excluding carboxylic acids is 2. The minimum atomic E-state index is 0.0991. The molecule has 0 spiro atoms. The normalized spacial score (nSPS) is 21.1. The second-order valence-electron chi connectivity index (χ2n) is 5.85. The van der Waals surface area contributed by atoms with E-state index in [1.807, 2.05) is 16.7 Å². The van der Waals surface area contributed by atoms with Gasteiger partial charge in [0.2, 0.25) is 11.8 Å². The maximum atomic E-state index is 12.0. The second-order valence-corrected chi connectivity index (χ2v) is 7.26. The van der Waals surface area contributed by atoms with Crippen LogP contribution in [0, 0.1) is 5.92 Å². The highest BCUT2D eigenvalue weighted by Crippen LogP contribution is 2.28. The first-order valence-electron chi connectivity index (χ1n) is 7.81. The summed E-state index contributed by atoms with van der Waals surface area (Å²) >= 11 is 2.01. The second kappa shape index (κ2) is 7.91. The summed E-state index contributed by atoms with van der Waals surface area (Å²) in [5.74, 6) is 1.43. The molecule has 2 amide bonds. The molecular weight excluding hydrogens is 272 g/mol. The number of amides is 2. The summed E-state index contributed by atoms with van der Waals surface area (Å²) in [6.07, 6.45) is 7.06. The van der Waals surface area contributed by atoms with Crippen LogP contribution in [0.4, 0.5) is 0 Å². The Morgan fingerprint density at radius 3 is 2.40 bits per heavy atom. The minimum absolute atomic E-state index is 0.0991. The summed E-state index contributed by atoms with van der Waals surface area (Å²) < 4.78 is 0. The number of hydrogen-bond acceptors (Lipinski definition) is 3. The molecule has 1 aliphatic heterocycles. The van der Waals surface area contributed by atoms with Crippen LogP contribution < -0.4 is 5.32 Å².